The number of aromatic nitrogens is 2. The molecule has 0 saturated carbocycles. The third-order valence-corrected chi connectivity index (χ3v) is 6.81. The van der Waals surface area contributed by atoms with Crippen LogP contribution in [0.2, 0.25) is 0 Å². The molecule has 0 N–H and O–H groups in total. The second-order valence-electron chi connectivity index (χ2n) is 8.65. The molecule has 2 aromatic carbocycles. The molecule has 0 bridgehead atoms. The van der Waals surface area contributed by atoms with Gasteiger partial charge in [-0.1, -0.05) is 30.3 Å². The minimum atomic E-state index is -0.224. The summed E-state index contributed by atoms with van der Waals surface area (Å²) in [6, 6.07) is 17.8. The van der Waals surface area contributed by atoms with E-state index in [1.54, 1.807) is 0 Å². The fraction of sp³-hybridized carbons (Fsp3) is 0.296. The van der Waals surface area contributed by atoms with Crippen molar-refractivity contribution in [3.05, 3.63) is 71.3 Å². The smallest absolute Gasteiger partial charge is 0.286 e. The number of ether oxygens (including phenoxy) is 2. The van der Waals surface area contributed by atoms with Gasteiger partial charge in [0.25, 0.3) is 5.91 Å². The van der Waals surface area contributed by atoms with Crippen molar-refractivity contribution >= 4 is 28.9 Å². The highest BCUT2D eigenvalue weighted by Crippen LogP contribution is 2.34. The lowest BCUT2D eigenvalue weighted by Crippen LogP contribution is -2.47. The van der Waals surface area contributed by atoms with Crippen LogP contribution in [0, 0.1) is 0 Å². The zero-order valence-electron chi connectivity index (χ0n) is 20.0. The molecule has 0 radical (unpaired) electrons. The van der Waals surface area contributed by atoms with Crippen molar-refractivity contribution in [3.8, 4) is 22.7 Å². The number of morpholine rings is 1. The third kappa shape index (κ3) is 5.18. The monoisotopic (exact) mass is 488 g/mol. The van der Waals surface area contributed by atoms with E-state index in [2.05, 4.69) is 9.89 Å². The maximum absolute atomic E-state index is 12.9. The number of hydrogen-bond donors (Lipinski definition) is 0. The second kappa shape index (κ2) is 10.1. The van der Waals surface area contributed by atoms with Crippen LogP contribution in [-0.2, 0) is 9.53 Å². The number of para-hydroxylation sites is 1. The molecule has 1 amide bonds. The Labute approximate surface area is 209 Å². The van der Waals surface area contributed by atoms with Crippen LogP contribution in [0.5, 0.6) is 5.75 Å². The van der Waals surface area contributed by atoms with Gasteiger partial charge in [0.1, 0.15) is 11.4 Å². The lowest BCUT2D eigenvalue weighted by Gasteiger charge is -2.35. The van der Waals surface area contributed by atoms with E-state index in [1.165, 1.54) is 11.8 Å². The van der Waals surface area contributed by atoms with Gasteiger partial charge in [-0.15, -0.1) is 0 Å². The van der Waals surface area contributed by atoms with Gasteiger partial charge in [0.15, 0.2) is 5.17 Å². The standard InChI is InChI=1S/C27H28N4O3S/c1-4-33-23-12-8-9-20(13-23)25-21(17-31(29-25)22-10-6-5-7-11-22)14-24-26(32)28-27(35-24)30-15-18(2)34-19(3)16-30/h5-14,17-19H,4,15-16H2,1-3H3/b24-14-/t18-,19+. The van der Waals surface area contributed by atoms with Gasteiger partial charge in [0.2, 0.25) is 0 Å². The number of amidine groups is 1. The maximum atomic E-state index is 12.9. The van der Waals surface area contributed by atoms with Gasteiger partial charge >= 0.3 is 0 Å². The van der Waals surface area contributed by atoms with Crippen molar-refractivity contribution < 1.29 is 14.3 Å². The molecular weight excluding hydrogens is 460 g/mol. The zero-order valence-corrected chi connectivity index (χ0v) is 20.9. The SMILES string of the molecule is CCOc1cccc(-c2nn(-c3ccccc3)cc2/C=C2\SC(N3C[C@@H](C)O[C@@H](C)C3)=NC2=O)c1. The van der Waals surface area contributed by atoms with E-state index in [0.29, 0.717) is 11.5 Å². The summed E-state index contributed by atoms with van der Waals surface area (Å²) in [6.45, 7) is 8.08. The summed E-state index contributed by atoms with van der Waals surface area (Å²) < 4.78 is 13.4. The number of carbonyl (C=O) groups is 1. The summed E-state index contributed by atoms with van der Waals surface area (Å²) in [5.74, 6) is 0.559. The quantitative estimate of drug-likeness (QED) is 0.470. The Balaban J connectivity index is 1.50. The molecule has 0 aliphatic carbocycles. The van der Waals surface area contributed by atoms with Gasteiger partial charge in [0.05, 0.1) is 29.4 Å². The van der Waals surface area contributed by atoms with Crippen LogP contribution in [0.15, 0.2) is 70.7 Å². The van der Waals surface area contributed by atoms with E-state index in [1.807, 2.05) is 92.3 Å². The molecule has 2 atom stereocenters. The number of carbonyl (C=O) groups excluding carboxylic acids is 1. The summed E-state index contributed by atoms with van der Waals surface area (Å²) in [5.41, 5.74) is 3.49. The van der Waals surface area contributed by atoms with E-state index in [4.69, 9.17) is 14.6 Å². The van der Waals surface area contributed by atoms with Crippen LogP contribution < -0.4 is 4.74 Å². The van der Waals surface area contributed by atoms with Gasteiger partial charge < -0.3 is 14.4 Å². The van der Waals surface area contributed by atoms with Gasteiger partial charge in [-0.3, -0.25) is 4.79 Å². The van der Waals surface area contributed by atoms with Crippen LogP contribution in [-0.4, -0.2) is 57.7 Å². The molecule has 180 valence electrons. The van der Waals surface area contributed by atoms with Gasteiger partial charge in [-0.25, -0.2) is 4.68 Å². The average molecular weight is 489 g/mol. The molecule has 2 aliphatic heterocycles. The van der Waals surface area contributed by atoms with E-state index >= 15 is 0 Å². The Morgan fingerprint density at radius 2 is 1.89 bits per heavy atom. The molecular formula is C27H28N4O3S. The Kier molecular flexibility index (Phi) is 6.74. The molecule has 3 heterocycles. The second-order valence-corrected chi connectivity index (χ2v) is 9.66. The summed E-state index contributed by atoms with van der Waals surface area (Å²) >= 11 is 1.41. The lowest BCUT2D eigenvalue weighted by atomic mass is 10.1. The van der Waals surface area contributed by atoms with Crippen molar-refractivity contribution in [1.29, 1.82) is 0 Å². The van der Waals surface area contributed by atoms with E-state index in [-0.39, 0.29) is 18.1 Å². The van der Waals surface area contributed by atoms with Crippen molar-refractivity contribution in [1.82, 2.24) is 14.7 Å². The topological polar surface area (TPSA) is 68.9 Å². The summed E-state index contributed by atoms with van der Waals surface area (Å²) in [4.78, 5) is 20.0. The van der Waals surface area contributed by atoms with Crippen molar-refractivity contribution in [3.63, 3.8) is 0 Å². The Morgan fingerprint density at radius 3 is 2.63 bits per heavy atom. The molecule has 3 aromatic rings. The normalized spacial score (nSPS) is 21.5. The van der Waals surface area contributed by atoms with Gasteiger partial charge in [-0.2, -0.15) is 10.1 Å². The zero-order chi connectivity index (χ0) is 24.4. The Morgan fingerprint density at radius 1 is 1.11 bits per heavy atom. The molecule has 5 rings (SSSR count). The minimum absolute atomic E-state index is 0.0958. The number of amides is 1. The Hall–Kier alpha value is -3.36. The molecule has 35 heavy (non-hydrogen) atoms. The molecule has 1 fully saturated rings. The average Bonchev–Trinajstić information content (AvgIpc) is 3.43. The minimum Gasteiger partial charge on any atom is -0.494 e. The highest BCUT2D eigenvalue weighted by molar-refractivity contribution is 8.18. The van der Waals surface area contributed by atoms with Crippen molar-refractivity contribution in [2.24, 2.45) is 4.99 Å². The fourth-order valence-corrected chi connectivity index (χ4v) is 5.26. The van der Waals surface area contributed by atoms with Gasteiger partial charge in [-0.05, 0) is 62.9 Å². The summed E-state index contributed by atoms with van der Waals surface area (Å²) in [6.07, 6.45) is 4.04. The molecule has 1 aromatic heterocycles. The van der Waals surface area contributed by atoms with Crippen LogP contribution in [0.4, 0.5) is 0 Å². The first-order chi connectivity index (χ1) is 17.0. The lowest BCUT2D eigenvalue weighted by molar-refractivity contribution is -0.113. The van der Waals surface area contributed by atoms with E-state index in [0.717, 1.165) is 46.5 Å². The third-order valence-electron chi connectivity index (χ3n) is 5.77. The summed E-state index contributed by atoms with van der Waals surface area (Å²) in [7, 11) is 0. The first-order valence-corrected chi connectivity index (χ1v) is 12.6. The molecule has 0 unspecified atom stereocenters. The Bertz CT molecular complexity index is 1270. The number of nitrogens with zero attached hydrogens (tertiary/aromatic N) is 4. The molecule has 0 spiro atoms. The first kappa shape index (κ1) is 23.4. The highest BCUT2D eigenvalue weighted by atomic mass is 32.2. The fourth-order valence-electron chi connectivity index (χ4n) is 4.34. The summed E-state index contributed by atoms with van der Waals surface area (Å²) in [5, 5.41) is 5.61. The van der Waals surface area contributed by atoms with E-state index in [9.17, 15) is 4.79 Å². The molecule has 8 heteroatoms. The van der Waals surface area contributed by atoms with E-state index < -0.39 is 0 Å². The number of thioether (sulfide) groups is 1. The highest BCUT2D eigenvalue weighted by Gasteiger charge is 2.31. The van der Waals surface area contributed by atoms with Crippen LogP contribution in [0.1, 0.15) is 26.3 Å². The number of rotatable bonds is 5. The maximum Gasteiger partial charge on any atom is 0.286 e. The number of benzene rings is 2. The predicted molar refractivity (Wildman–Crippen MR) is 140 cm³/mol. The van der Waals surface area contributed by atoms with Crippen molar-refractivity contribution in [2.75, 3.05) is 19.7 Å². The molecule has 2 aliphatic rings. The van der Waals surface area contributed by atoms with Crippen LogP contribution in [0.3, 0.4) is 0 Å². The van der Waals surface area contributed by atoms with Crippen molar-refractivity contribution in [2.45, 2.75) is 33.0 Å². The first-order valence-electron chi connectivity index (χ1n) is 11.8. The predicted octanol–water partition coefficient (Wildman–Crippen LogP) is 5.02. The van der Waals surface area contributed by atoms with Gasteiger partial charge in [0, 0.05) is 30.4 Å². The van der Waals surface area contributed by atoms with Crippen LogP contribution >= 0.6 is 11.8 Å². The number of aliphatic imine (C=N–C) groups is 1. The van der Waals surface area contributed by atoms with Crippen LogP contribution in [0.25, 0.3) is 23.0 Å². The molecule has 1 saturated heterocycles. The molecule has 7 nitrogen and oxygen atoms in total. The number of hydrogen-bond acceptors (Lipinski definition) is 6. The largest absolute Gasteiger partial charge is 0.494 e.